The third kappa shape index (κ3) is 4.76. The highest BCUT2D eigenvalue weighted by Gasteiger charge is 2.19. The summed E-state index contributed by atoms with van der Waals surface area (Å²) in [6.07, 6.45) is 0.621. The molecule has 0 bridgehead atoms. The Bertz CT molecular complexity index is 1110. The number of nitrogens with zero attached hydrogens (tertiary/aromatic N) is 5. The van der Waals surface area contributed by atoms with Gasteiger partial charge in [-0.25, -0.2) is 4.39 Å². The minimum Gasteiger partial charge on any atom is -0.338 e. The van der Waals surface area contributed by atoms with Gasteiger partial charge in [0, 0.05) is 13.0 Å². The zero-order chi connectivity index (χ0) is 20.9. The minimum atomic E-state index is -0.311. The molecule has 0 saturated heterocycles. The molecule has 2 heterocycles. The number of aromatic nitrogens is 5. The van der Waals surface area contributed by atoms with Crippen molar-refractivity contribution in [3.8, 4) is 11.4 Å². The smallest absolute Gasteiger partial charge is 0.237 e. The van der Waals surface area contributed by atoms with Crippen molar-refractivity contribution in [1.29, 1.82) is 0 Å². The van der Waals surface area contributed by atoms with Gasteiger partial charge in [-0.2, -0.15) is 4.98 Å². The van der Waals surface area contributed by atoms with E-state index in [4.69, 9.17) is 4.52 Å². The van der Waals surface area contributed by atoms with Crippen LogP contribution in [0.1, 0.15) is 31.1 Å². The van der Waals surface area contributed by atoms with Crippen molar-refractivity contribution in [3.05, 3.63) is 77.7 Å². The fourth-order valence-electron chi connectivity index (χ4n) is 3.09. The van der Waals surface area contributed by atoms with E-state index in [0.717, 1.165) is 5.56 Å². The van der Waals surface area contributed by atoms with Gasteiger partial charge in [-0.05, 0) is 23.6 Å². The van der Waals surface area contributed by atoms with Gasteiger partial charge in [0.2, 0.25) is 5.89 Å². The number of halogens is 1. The molecule has 4 aromatic rings. The van der Waals surface area contributed by atoms with Crippen molar-refractivity contribution in [2.45, 2.75) is 37.7 Å². The Hall–Kier alpha value is -3.00. The van der Waals surface area contributed by atoms with Crippen LogP contribution in [-0.4, -0.2) is 24.9 Å². The summed E-state index contributed by atoms with van der Waals surface area (Å²) in [7, 11) is 0. The molecular weight excluding hydrogens is 401 g/mol. The molecule has 6 nitrogen and oxygen atoms in total. The van der Waals surface area contributed by atoms with Gasteiger partial charge in [0.15, 0.2) is 16.8 Å². The van der Waals surface area contributed by atoms with Gasteiger partial charge in [0.25, 0.3) is 0 Å². The van der Waals surface area contributed by atoms with Crippen molar-refractivity contribution in [3.63, 3.8) is 0 Å². The van der Waals surface area contributed by atoms with E-state index in [-0.39, 0.29) is 5.82 Å². The average Bonchev–Trinajstić information content (AvgIpc) is 3.34. The maximum atomic E-state index is 14.3. The van der Waals surface area contributed by atoms with Crippen molar-refractivity contribution in [2.24, 2.45) is 5.92 Å². The predicted molar refractivity (Wildman–Crippen MR) is 113 cm³/mol. The Morgan fingerprint density at radius 3 is 2.57 bits per heavy atom. The van der Waals surface area contributed by atoms with Crippen molar-refractivity contribution in [2.75, 3.05) is 0 Å². The third-order valence-electron chi connectivity index (χ3n) is 4.42. The highest BCUT2D eigenvalue weighted by atomic mass is 32.2. The summed E-state index contributed by atoms with van der Waals surface area (Å²) < 4.78 is 21.7. The van der Waals surface area contributed by atoms with Crippen LogP contribution >= 0.6 is 11.8 Å². The zero-order valence-electron chi connectivity index (χ0n) is 16.8. The van der Waals surface area contributed by atoms with E-state index in [9.17, 15) is 4.39 Å². The summed E-state index contributed by atoms with van der Waals surface area (Å²) in [5.41, 5.74) is 1.57. The Balaban J connectivity index is 1.50. The first-order valence-corrected chi connectivity index (χ1v) is 10.7. The quantitative estimate of drug-likeness (QED) is 0.371. The van der Waals surface area contributed by atoms with Crippen LogP contribution in [0.3, 0.4) is 0 Å². The molecule has 0 aliphatic carbocycles. The molecule has 2 aromatic carbocycles. The lowest BCUT2D eigenvalue weighted by Gasteiger charge is -2.12. The van der Waals surface area contributed by atoms with E-state index in [1.54, 1.807) is 18.2 Å². The van der Waals surface area contributed by atoms with Gasteiger partial charge < -0.3 is 9.09 Å². The van der Waals surface area contributed by atoms with Gasteiger partial charge in [-0.3, -0.25) is 0 Å². The van der Waals surface area contributed by atoms with E-state index >= 15 is 0 Å². The molecule has 0 saturated carbocycles. The number of hydrogen-bond acceptors (Lipinski definition) is 6. The first-order chi connectivity index (χ1) is 14.6. The highest BCUT2D eigenvalue weighted by Crippen LogP contribution is 2.28. The summed E-state index contributed by atoms with van der Waals surface area (Å²) in [6.45, 7) is 4.89. The van der Waals surface area contributed by atoms with Crippen LogP contribution < -0.4 is 0 Å². The van der Waals surface area contributed by atoms with Gasteiger partial charge in [-0.15, -0.1) is 10.2 Å². The molecule has 0 amide bonds. The Morgan fingerprint density at radius 2 is 1.80 bits per heavy atom. The van der Waals surface area contributed by atoms with Crippen LogP contribution in [-0.2, 0) is 18.7 Å². The Kier molecular flexibility index (Phi) is 6.23. The first-order valence-electron chi connectivity index (χ1n) is 9.76. The van der Waals surface area contributed by atoms with Gasteiger partial charge in [-0.1, -0.05) is 73.2 Å². The van der Waals surface area contributed by atoms with Crippen molar-refractivity contribution < 1.29 is 8.91 Å². The zero-order valence-corrected chi connectivity index (χ0v) is 17.6. The molecule has 0 aliphatic rings. The second-order valence-electron chi connectivity index (χ2n) is 7.35. The monoisotopic (exact) mass is 423 g/mol. The highest BCUT2D eigenvalue weighted by molar-refractivity contribution is 7.98. The first kappa shape index (κ1) is 20.3. The molecule has 0 N–H and O–H groups in total. The maximum Gasteiger partial charge on any atom is 0.237 e. The van der Waals surface area contributed by atoms with Crippen LogP contribution in [0.15, 0.2) is 64.3 Å². The van der Waals surface area contributed by atoms with Gasteiger partial charge in [0.05, 0.1) is 11.3 Å². The topological polar surface area (TPSA) is 69.6 Å². The normalized spacial score (nSPS) is 11.3. The maximum absolute atomic E-state index is 14.3. The second kappa shape index (κ2) is 9.21. The second-order valence-corrected chi connectivity index (χ2v) is 8.29. The molecule has 8 heteroatoms. The molecular formula is C22H22FN5OS. The van der Waals surface area contributed by atoms with E-state index in [0.29, 0.717) is 52.9 Å². The summed E-state index contributed by atoms with van der Waals surface area (Å²) in [6, 6.07) is 16.6. The van der Waals surface area contributed by atoms with Gasteiger partial charge in [0.1, 0.15) is 5.82 Å². The van der Waals surface area contributed by atoms with E-state index in [1.165, 1.54) is 17.8 Å². The van der Waals surface area contributed by atoms with Crippen LogP contribution in [0.25, 0.3) is 11.4 Å². The predicted octanol–water partition coefficient (Wildman–Crippen LogP) is 5.01. The molecule has 0 atom stereocenters. The molecule has 4 rings (SSSR count). The van der Waals surface area contributed by atoms with Crippen LogP contribution in [0.4, 0.5) is 4.39 Å². The number of rotatable bonds is 8. The van der Waals surface area contributed by atoms with E-state index in [2.05, 4.69) is 34.2 Å². The average molecular weight is 424 g/mol. The fourth-order valence-corrected chi connectivity index (χ4v) is 3.88. The summed E-state index contributed by atoms with van der Waals surface area (Å²) >= 11 is 1.45. The lowest BCUT2D eigenvalue weighted by molar-refractivity contribution is 0.385. The van der Waals surface area contributed by atoms with Gasteiger partial charge >= 0.3 is 0 Å². The molecule has 0 spiro atoms. The molecule has 0 fully saturated rings. The number of hydrogen-bond donors (Lipinski definition) is 0. The van der Waals surface area contributed by atoms with Crippen LogP contribution in [0.2, 0.25) is 0 Å². The summed E-state index contributed by atoms with van der Waals surface area (Å²) in [5, 5.41) is 13.3. The summed E-state index contributed by atoms with van der Waals surface area (Å²) in [4.78, 5) is 4.47. The molecule has 0 unspecified atom stereocenters. The largest absolute Gasteiger partial charge is 0.338 e. The summed E-state index contributed by atoms with van der Waals surface area (Å²) in [5.74, 6) is 2.21. The lowest BCUT2D eigenvalue weighted by atomic mass is 10.1. The minimum absolute atomic E-state index is 0.311. The molecule has 154 valence electrons. The van der Waals surface area contributed by atoms with Crippen molar-refractivity contribution >= 4 is 11.8 Å². The molecule has 0 aliphatic heterocycles. The fraction of sp³-hybridized carbons (Fsp3) is 0.273. The van der Waals surface area contributed by atoms with Crippen LogP contribution in [0.5, 0.6) is 0 Å². The van der Waals surface area contributed by atoms with Crippen LogP contribution in [0, 0.1) is 11.7 Å². The standard InChI is InChI=1S/C22H22FN5OS/c1-15(2)13-28-21(17-10-6-7-11-18(17)23)25-26-22(28)30-14-20-24-19(27-29-20)12-16-8-4-3-5-9-16/h3-11,15H,12-14H2,1-2H3. The lowest BCUT2D eigenvalue weighted by Crippen LogP contribution is -2.08. The SMILES string of the molecule is CC(C)Cn1c(SCc2nc(Cc3ccccc3)no2)nnc1-c1ccccc1F. The number of thioether (sulfide) groups is 1. The Morgan fingerprint density at radius 1 is 1.03 bits per heavy atom. The molecule has 30 heavy (non-hydrogen) atoms. The number of benzene rings is 2. The Labute approximate surface area is 178 Å². The van der Waals surface area contributed by atoms with E-state index < -0.39 is 0 Å². The molecule has 2 aromatic heterocycles. The van der Waals surface area contributed by atoms with E-state index in [1.807, 2.05) is 34.9 Å². The third-order valence-corrected chi connectivity index (χ3v) is 5.37. The van der Waals surface area contributed by atoms with Crippen molar-refractivity contribution in [1.82, 2.24) is 24.9 Å². The molecule has 0 radical (unpaired) electrons.